The summed E-state index contributed by atoms with van der Waals surface area (Å²) in [4.78, 5) is 2.35. The lowest BCUT2D eigenvalue weighted by Crippen LogP contribution is -2.11. The Balaban J connectivity index is 0.955. The fraction of sp³-hybridized carbons (Fsp3) is 0. The Bertz CT molecular complexity index is 3190. The van der Waals surface area contributed by atoms with Crippen LogP contribution in [0.1, 0.15) is 0 Å². The van der Waals surface area contributed by atoms with Crippen LogP contribution in [0.3, 0.4) is 0 Å². The fourth-order valence-electron chi connectivity index (χ4n) is 8.52. The van der Waals surface area contributed by atoms with Crippen LogP contribution in [-0.4, -0.2) is 4.57 Å². The molecule has 0 atom stereocenters. The lowest BCUT2D eigenvalue weighted by Gasteiger charge is -2.28. The van der Waals surface area contributed by atoms with Crippen LogP contribution in [0.5, 0.6) is 0 Å². The lowest BCUT2D eigenvalue weighted by molar-refractivity contribution is 0.669. The van der Waals surface area contributed by atoms with Gasteiger partial charge in [0.15, 0.2) is 0 Å². The molecule has 57 heavy (non-hydrogen) atoms. The zero-order valence-electron chi connectivity index (χ0n) is 31.1. The van der Waals surface area contributed by atoms with Gasteiger partial charge in [0, 0.05) is 44.2 Å². The first-order chi connectivity index (χ1) is 28.3. The van der Waals surface area contributed by atoms with Crippen molar-refractivity contribution in [1.82, 2.24) is 4.57 Å². The maximum absolute atomic E-state index is 6.31. The molecule has 0 aliphatic heterocycles. The Morgan fingerprint density at radius 3 is 1.67 bits per heavy atom. The molecule has 3 nitrogen and oxygen atoms in total. The van der Waals surface area contributed by atoms with Crippen molar-refractivity contribution in [2.75, 3.05) is 4.90 Å². The van der Waals surface area contributed by atoms with E-state index in [0.29, 0.717) is 0 Å². The highest BCUT2D eigenvalue weighted by molar-refractivity contribution is 6.09. The number of furan rings is 1. The van der Waals surface area contributed by atoms with Gasteiger partial charge in [-0.2, -0.15) is 0 Å². The number of benzene rings is 9. The van der Waals surface area contributed by atoms with Gasteiger partial charge in [0.1, 0.15) is 11.2 Å². The van der Waals surface area contributed by atoms with Gasteiger partial charge in [-0.25, -0.2) is 0 Å². The van der Waals surface area contributed by atoms with Gasteiger partial charge in [0.05, 0.1) is 16.7 Å². The lowest BCUT2D eigenvalue weighted by atomic mass is 9.98. The first kappa shape index (κ1) is 32.8. The molecular formula is C54H36N2O. The molecule has 0 spiro atoms. The van der Waals surface area contributed by atoms with E-state index < -0.39 is 0 Å². The summed E-state index contributed by atoms with van der Waals surface area (Å²) in [6, 6.07) is 78.1. The van der Waals surface area contributed by atoms with Gasteiger partial charge in [-0.1, -0.05) is 140 Å². The molecule has 0 bridgehead atoms. The van der Waals surface area contributed by atoms with E-state index in [1.165, 1.54) is 38.5 Å². The molecule has 0 saturated carbocycles. The summed E-state index contributed by atoms with van der Waals surface area (Å²) in [5.74, 6) is 0. The third kappa shape index (κ3) is 5.68. The van der Waals surface area contributed by atoms with Crippen molar-refractivity contribution in [3.05, 3.63) is 218 Å². The third-order valence-electron chi connectivity index (χ3n) is 11.2. The fourth-order valence-corrected chi connectivity index (χ4v) is 8.52. The summed E-state index contributed by atoms with van der Waals surface area (Å²) in [7, 11) is 0. The number of aromatic nitrogens is 1. The summed E-state index contributed by atoms with van der Waals surface area (Å²) in [6.45, 7) is 0. The first-order valence-corrected chi connectivity index (χ1v) is 19.4. The van der Waals surface area contributed by atoms with Crippen molar-refractivity contribution in [3.63, 3.8) is 0 Å². The minimum absolute atomic E-state index is 0.889. The Kier molecular flexibility index (Phi) is 7.82. The van der Waals surface area contributed by atoms with E-state index in [2.05, 4.69) is 216 Å². The minimum atomic E-state index is 0.889. The van der Waals surface area contributed by atoms with Crippen molar-refractivity contribution in [3.8, 4) is 39.1 Å². The largest absolute Gasteiger partial charge is 0.456 e. The van der Waals surface area contributed by atoms with Gasteiger partial charge in [0.25, 0.3) is 0 Å². The molecule has 268 valence electrons. The number of para-hydroxylation sites is 5. The molecule has 0 amide bonds. The van der Waals surface area contributed by atoms with Crippen molar-refractivity contribution < 1.29 is 4.42 Å². The van der Waals surface area contributed by atoms with E-state index in [9.17, 15) is 0 Å². The maximum atomic E-state index is 6.31. The maximum Gasteiger partial charge on any atom is 0.136 e. The van der Waals surface area contributed by atoms with E-state index >= 15 is 0 Å². The van der Waals surface area contributed by atoms with Crippen LogP contribution in [-0.2, 0) is 0 Å². The first-order valence-electron chi connectivity index (χ1n) is 19.4. The molecule has 0 N–H and O–H groups in total. The second kappa shape index (κ2) is 13.6. The molecule has 0 aliphatic carbocycles. The van der Waals surface area contributed by atoms with Gasteiger partial charge in [-0.05, 0) is 107 Å². The highest BCUT2D eigenvalue weighted by Gasteiger charge is 2.19. The van der Waals surface area contributed by atoms with Gasteiger partial charge < -0.3 is 13.9 Å². The number of rotatable bonds is 7. The third-order valence-corrected chi connectivity index (χ3v) is 11.2. The van der Waals surface area contributed by atoms with Crippen LogP contribution in [0, 0.1) is 0 Å². The molecule has 0 radical (unpaired) electrons. The van der Waals surface area contributed by atoms with Crippen LogP contribution in [0.4, 0.5) is 17.1 Å². The summed E-state index contributed by atoms with van der Waals surface area (Å²) in [5, 5.41) is 4.80. The Hall–Kier alpha value is -7.62. The van der Waals surface area contributed by atoms with Crippen LogP contribution in [0.25, 0.3) is 82.8 Å². The van der Waals surface area contributed by atoms with Gasteiger partial charge >= 0.3 is 0 Å². The zero-order chi connectivity index (χ0) is 37.7. The second-order valence-corrected chi connectivity index (χ2v) is 14.5. The molecule has 2 aromatic heterocycles. The topological polar surface area (TPSA) is 21.3 Å². The van der Waals surface area contributed by atoms with Crippen LogP contribution in [0.2, 0.25) is 0 Å². The summed E-state index contributed by atoms with van der Waals surface area (Å²) in [6.07, 6.45) is 0. The van der Waals surface area contributed by atoms with Crippen molar-refractivity contribution in [2.45, 2.75) is 0 Å². The molecular weight excluding hydrogens is 693 g/mol. The molecule has 2 heterocycles. The molecule has 0 saturated heterocycles. The molecule has 0 aliphatic rings. The van der Waals surface area contributed by atoms with Gasteiger partial charge in [0.2, 0.25) is 0 Å². The molecule has 0 unspecified atom stereocenters. The molecule has 3 heteroatoms. The predicted molar refractivity (Wildman–Crippen MR) is 239 cm³/mol. The number of hydrogen-bond donors (Lipinski definition) is 0. The highest BCUT2D eigenvalue weighted by Crippen LogP contribution is 2.43. The van der Waals surface area contributed by atoms with Crippen molar-refractivity contribution in [2.24, 2.45) is 0 Å². The summed E-state index contributed by atoms with van der Waals surface area (Å²) >= 11 is 0. The van der Waals surface area contributed by atoms with Gasteiger partial charge in [-0.15, -0.1) is 0 Å². The van der Waals surface area contributed by atoms with E-state index in [1.807, 2.05) is 12.1 Å². The Labute approximate surface area is 330 Å². The average molecular weight is 729 g/mol. The second-order valence-electron chi connectivity index (χ2n) is 14.5. The Morgan fingerprint density at radius 1 is 0.333 bits per heavy atom. The highest BCUT2D eigenvalue weighted by atomic mass is 16.3. The number of fused-ring (bicyclic) bond motifs is 6. The SMILES string of the molecule is c1ccc(N(c2ccc(-c3cccc(-c4cccc(-n5c6ccccc6c6ccccc65)c4)c3)cc2)c2ccccc2-c2ccc3c(c2)oc2ccccc23)cc1. The number of nitrogens with zero attached hydrogens (tertiary/aromatic N) is 2. The molecule has 11 rings (SSSR count). The average Bonchev–Trinajstić information content (AvgIpc) is 3.83. The van der Waals surface area contributed by atoms with Crippen LogP contribution in [0.15, 0.2) is 223 Å². The molecule has 9 aromatic carbocycles. The molecule has 11 aromatic rings. The van der Waals surface area contributed by atoms with Crippen LogP contribution >= 0.6 is 0 Å². The van der Waals surface area contributed by atoms with E-state index in [4.69, 9.17) is 4.42 Å². The summed E-state index contributed by atoms with van der Waals surface area (Å²) in [5.41, 5.74) is 15.6. The van der Waals surface area contributed by atoms with Crippen molar-refractivity contribution in [1.29, 1.82) is 0 Å². The summed E-state index contributed by atoms with van der Waals surface area (Å²) < 4.78 is 8.69. The van der Waals surface area contributed by atoms with Gasteiger partial charge in [-0.3, -0.25) is 0 Å². The standard InChI is InChI=1S/C54H36N2O/c1-2-17-42(18-3-1)55(50-24-8-4-20-45(50)41-30-33-49-48-23-7-11-27-53(48)57-54(49)36-41)43-31-28-37(29-32-43)38-14-12-15-39(34-38)40-16-13-19-44(35-40)56-51-25-9-5-21-46(51)47-22-6-10-26-52(47)56/h1-36H. The minimum Gasteiger partial charge on any atom is -0.456 e. The number of anilines is 3. The van der Waals surface area contributed by atoms with E-state index in [0.717, 1.165) is 61.4 Å². The van der Waals surface area contributed by atoms with E-state index in [1.54, 1.807) is 0 Å². The predicted octanol–water partition coefficient (Wildman–Crippen LogP) is 15.2. The molecule has 0 fully saturated rings. The normalized spacial score (nSPS) is 11.5. The smallest absolute Gasteiger partial charge is 0.136 e. The van der Waals surface area contributed by atoms with Crippen LogP contribution < -0.4 is 4.90 Å². The quantitative estimate of drug-likeness (QED) is 0.163. The van der Waals surface area contributed by atoms with Crippen molar-refractivity contribution >= 4 is 60.8 Å². The number of hydrogen-bond acceptors (Lipinski definition) is 2. The van der Waals surface area contributed by atoms with E-state index in [-0.39, 0.29) is 0 Å². The monoisotopic (exact) mass is 728 g/mol. The zero-order valence-corrected chi connectivity index (χ0v) is 31.1. The Morgan fingerprint density at radius 2 is 0.895 bits per heavy atom.